The summed E-state index contributed by atoms with van der Waals surface area (Å²) in [6, 6.07) is 7.84. The Morgan fingerprint density at radius 3 is 2.61 bits per heavy atom. The van der Waals surface area contributed by atoms with E-state index < -0.39 is 0 Å². The van der Waals surface area contributed by atoms with Gasteiger partial charge in [0.25, 0.3) is 5.91 Å². The molecule has 2 rings (SSSR count). The van der Waals surface area contributed by atoms with Gasteiger partial charge in [-0.05, 0) is 43.7 Å². The van der Waals surface area contributed by atoms with Crippen LogP contribution in [-0.4, -0.2) is 12.5 Å². The third-order valence-electron chi connectivity index (χ3n) is 2.86. The summed E-state index contributed by atoms with van der Waals surface area (Å²) in [6.07, 6.45) is 4.84. The first-order valence-electron chi connectivity index (χ1n) is 6.06. The minimum Gasteiger partial charge on any atom is -0.304 e. The molecule has 1 aliphatic rings. The maximum absolute atomic E-state index is 12.3. The lowest BCUT2D eigenvalue weighted by atomic mass is 10.0. The van der Waals surface area contributed by atoms with E-state index in [9.17, 15) is 4.79 Å². The maximum Gasteiger partial charge on any atom is 0.258 e. The molecule has 1 heterocycles. The summed E-state index contributed by atoms with van der Waals surface area (Å²) < 4.78 is 1.02. The number of rotatable bonds is 2. The Bertz CT molecular complexity index is 514. The van der Waals surface area contributed by atoms with Crippen molar-refractivity contribution in [3.05, 3.63) is 52.0 Å². The van der Waals surface area contributed by atoms with Gasteiger partial charge in [0.2, 0.25) is 0 Å². The van der Waals surface area contributed by atoms with Crippen molar-refractivity contribution in [1.29, 1.82) is 0 Å². The van der Waals surface area contributed by atoms with Gasteiger partial charge in [0.05, 0.1) is 0 Å². The highest BCUT2D eigenvalue weighted by Crippen LogP contribution is 2.25. The number of allylic oxidation sites excluding steroid dienone is 1. The fraction of sp³-hybridized carbons (Fsp3) is 0.267. The van der Waals surface area contributed by atoms with Crippen molar-refractivity contribution in [1.82, 2.24) is 0 Å². The fourth-order valence-corrected chi connectivity index (χ4v) is 2.31. The SMILES string of the molecule is CCC=C1C=C(C)CN(c2ccc(Br)cc2)C1=O. The summed E-state index contributed by atoms with van der Waals surface area (Å²) in [7, 11) is 0. The number of benzene rings is 1. The predicted molar refractivity (Wildman–Crippen MR) is 78.6 cm³/mol. The summed E-state index contributed by atoms with van der Waals surface area (Å²) in [5, 5.41) is 0. The topological polar surface area (TPSA) is 20.3 Å². The van der Waals surface area contributed by atoms with E-state index in [2.05, 4.69) is 22.9 Å². The number of hydrogen-bond donors (Lipinski definition) is 0. The molecule has 1 aromatic carbocycles. The maximum atomic E-state index is 12.3. The Kier molecular flexibility index (Phi) is 4.02. The molecule has 18 heavy (non-hydrogen) atoms. The van der Waals surface area contributed by atoms with Crippen LogP contribution in [0.25, 0.3) is 0 Å². The Hall–Kier alpha value is -1.35. The second kappa shape index (κ2) is 5.53. The smallest absolute Gasteiger partial charge is 0.258 e. The zero-order chi connectivity index (χ0) is 13.1. The summed E-state index contributed by atoms with van der Waals surface area (Å²) in [5.74, 6) is 0.0878. The lowest BCUT2D eigenvalue weighted by Gasteiger charge is -2.27. The van der Waals surface area contributed by atoms with Crippen LogP contribution in [0.4, 0.5) is 5.69 Å². The molecule has 0 saturated heterocycles. The summed E-state index contributed by atoms with van der Waals surface area (Å²) >= 11 is 3.41. The van der Waals surface area contributed by atoms with Crippen LogP contribution in [-0.2, 0) is 4.79 Å². The molecule has 0 N–H and O–H groups in total. The predicted octanol–water partition coefficient (Wildman–Crippen LogP) is 4.08. The monoisotopic (exact) mass is 305 g/mol. The van der Waals surface area contributed by atoms with Gasteiger partial charge in [0.15, 0.2) is 0 Å². The molecule has 0 unspecified atom stereocenters. The van der Waals surface area contributed by atoms with Gasteiger partial charge in [-0.2, -0.15) is 0 Å². The van der Waals surface area contributed by atoms with Gasteiger partial charge in [-0.3, -0.25) is 4.79 Å². The second-order valence-corrected chi connectivity index (χ2v) is 5.34. The fourth-order valence-electron chi connectivity index (χ4n) is 2.05. The Morgan fingerprint density at radius 1 is 1.33 bits per heavy atom. The highest BCUT2D eigenvalue weighted by molar-refractivity contribution is 9.10. The summed E-state index contributed by atoms with van der Waals surface area (Å²) in [5.41, 5.74) is 2.94. The lowest BCUT2D eigenvalue weighted by molar-refractivity contribution is -0.115. The van der Waals surface area contributed by atoms with Crippen LogP contribution in [0, 0.1) is 0 Å². The van der Waals surface area contributed by atoms with Gasteiger partial charge in [-0.25, -0.2) is 0 Å². The number of halogens is 1. The van der Waals surface area contributed by atoms with Crippen LogP contribution < -0.4 is 4.90 Å². The molecule has 1 amide bonds. The van der Waals surface area contributed by atoms with Crippen molar-refractivity contribution >= 4 is 27.5 Å². The molecule has 0 aliphatic carbocycles. The Balaban J connectivity index is 2.35. The molecule has 3 heteroatoms. The standard InChI is InChI=1S/C15H16BrNO/c1-3-4-12-9-11(2)10-17(15(12)18)14-7-5-13(16)6-8-14/h4-9H,3,10H2,1-2H3. The number of amides is 1. The molecular weight excluding hydrogens is 290 g/mol. The molecule has 0 aromatic heterocycles. The van der Waals surface area contributed by atoms with E-state index in [4.69, 9.17) is 0 Å². The van der Waals surface area contributed by atoms with Crippen LogP contribution in [0.3, 0.4) is 0 Å². The van der Waals surface area contributed by atoms with Gasteiger partial charge >= 0.3 is 0 Å². The zero-order valence-corrected chi connectivity index (χ0v) is 12.2. The van der Waals surface area contributed by atoms with Gasteiger partial charge in [-0.1, -0.05) is 34.5 Å². The minimum atomic E-state index is 0.0878. The van der Waals surface area contributed by atoms with Crippen molar-refractivity contribution in [3.63, 3.8) is 0 Å². The third-order valence-corrected chi connectivity index (χ3v) is 3.39. The number of anilines is 1. The summed E-state index contributed by atoms with van der Waals surface area (Å²) in [4.78, 5) is 14.2. The van der Waals surface area contributed by atoms with E-state index in [0.717, 1.165) is 22.2 Å². The molecule has 0 atom stereocenters. The van der Waals surface area contributed by atoms with Crippen LogP contribution in [0.5, 0.6) is 0 Å². The van der Waals surface area contributed by atoms with Crippen LogP contribution >= 0.6 is 15.9 Å². The van der Waals surface area contributed by atoms with Crippen molar-refractivity contribution < 1.29 is 4.79 Å². The molecular formula is C15H16BrNO. The van der Waals surface area contributed by atoms with Gasteiger partial charge in [0, 0.05) is 22.3 Å². The lowest BCUT2D eigenvalue weighted by Crippen LogP contribution is -2.36. The molecule has 1 aliphatic heterocycles. The first-order chi connectivity index (χ1) is 8.61. The van der Waals surface area contributed by atoms with Gasteiger partial charge < -0.3 is 4.90 Å². The van der Waals surface area contributed by atoms with Gasteiger partial charge in [-0.15, -0.1) is 0 Å². The molecule has 0 bridgehead atoms. The largest absolute Gasteiger partial charge is 0.304 e. The molecule has 0 saturated carbocycles. The van der Waals surface area contributed by atoms with E-state index in [1.54, 1.807) is 0 Å². The highest BCUT2D eigenvalue weighted by Gasteiger charge is 2.22. The molecule has 0 fully saturated rings. The zero-order valence-electron chi connectivity index (χ0n) is 10.6. The van der Waals surface area contributed by atoms with E-state index in [-0.39, 0.29) is 5.91 Å². The van der Waals surface area contributed by atoms with Crippen molar-refractivity contribution in [2.45, 2.75) is 20.3 Å². The van der Waals surface area contributed by atoms with Crippen molar-refractivity contribution in [3.8, 4) is 0 Å². The van der Waals surface area contributed by atoms with E-state index in [1.807, 2.05) is 48.2 Å². The van der Waals surface area contributed by atoms with Crippen LogP contribution in [0.1, 0.15) is 20.3 Å². The number of carbonyl (C=O) groups excluding carboxylic acids is 1. The van der Waals surface area contributed by atoms with Crippen LogP contribution in [0.2, 0.25) is 0 Å². The molecule has 94 valence electrons. The average Bonchev–Trinajstić information content (AvgIpc) is 2.35. The quantitative estimate of drug-likeness (QED) is 0.754. The Morgan fingerprint density at radius 2 is 2.00 bits per heavy atom. The van der Waals surface area contributed by atoms with E-state index >= 15 is 0 Å². The van der Waals surface area contributed by atoms with Crippen LogP contribution in [0.15, 0.2) is 52.0 Å². The minimum absolute atomic E-state index is 0.0878. The first kappa shape index (κ1) is 13.1. The van der Waals surface area contributed by atoms with Crippen molar-refractivity contribution in [2.24, 2.45) is 0 Å². The second-order valence-electron chi connectivity index (χ2n) is 4.43. The number of hydrogen-bond acceptors (Lipinski definition) is 1. The highest BCUT2D eigenvalue weighted by atomic mass is 79.9. The van der Waals surface area contributed by atoms with E-state index in [0.29, 0.717) is 6.54 Å². The molecule has 0 radical (unpaired) electrons. The third kappa shape index (κ3) is 2.72. The van der Waals surface area contributed by atoms with E-state index in [1.165, 1.54) is 5.57 Å². The molecule has 0 spiro atoms. The van der Waals surface area contributed by atoms with Crippen molar-refractivity contribution in [2.75, 3.05) is 11.4 Å². The normalized spacial score (nSPS) is 18.2. The molecule has 1 aromatic rings. The number of nitrogens with zero attached hydrogens (tertiary/aromatic N) is 1. The average molecular weight is 306 g/mol. The summed E-state index contributed by atoms with van der Waals surface area (Å²) in [6.45, 7) is 4.77. The Labute approximate surface area is 116 Å². The first-order valence-corrected chi connectivity index (χ1v) is 6.86. The van der Waals surface area contributed by atoms with Gasteiger partial charge in [0.1, 0.15) is 0 Å². The molecule has 2 nitrogen and oxygen atoms in total. The number of carbonyl (C=O) groups is 1.